The first kappa shape index (κ1) is 12.0. The smallest absolute Gasteiger partial charge is 0.0725 e. The quantitative estimate of drug-likeness (QED) is 0.768. The number of hydrogen-bond acceptors (Lipinski definition) is 2. The Bertz CT molecular complexity index is 306. The van der Waals surface area contributed by atoms with Crippen LogP contribution in [-0.2, 0) is 0 Å². The first-order valence-electron chi connectivity index (χ1n) is 6.20. The highest BCUT2D eigenvalue weighted by Crippen LogP contribution is 2.35. The lowest BCUT2D eigenvalue weighted by Crippen LogP contribution is -2.26. The third-order valence-electron chi connectivity index (χ3n) is 3.60. The van der Waals surface area contributed by atoms with E-state index < -0.39 is 0 Å². The fraction of sp³-hybridized carbons (Fsp3) is 0.571. The molecule has 2 atom stereocenters. The van der Waals surface area contributed by atoms with Gasteiger partial charge >= 0.3 is 0 Å². The fourth-order valence-corrected chi connectivity index (χ4v) is 3.00. The molecule has 0 amide bonds. The van der Waals surface area contributed by atoms with Crippen LogP contribution in [0.15, 0.2) is 30.3 Å². The molecule has 2 heteroatoms. The van der Waals surface area contributed by atoms with Crippen LogP contribution in [0.4, 0.5) is 0 Å². The Morgan fingerprint density at radius 3 is 2.31 bits per heavy atom. The number of aliphatic hydroxyl groups is 1. The largest absolute Gasteiger partial charge is 0.391 e. The molecule has 1 fully saturated rings. The lowest BCUT2D eigenvalue weighted by atomic mass is 9.83. The first-order chi connectivity index (χ1) is 7.79. The molecule has 1 aliphatic carbocycles. The summed E-state index contributed by atoms with van der Waals surface area (Å²) >= 11 is 4.57. The zero-order valence-electron chi connectivity index (χ0n) is 9.55. The minimum Gasteiger partial charge on any atom is -0.391 e. The summed E-state index contributed by atoms with van der Waals surface area (Å²) in [5.41, 5.74) is 1.13. The van der Waals surface area contributed by atoms with Gasteiger partial charge in [0.15, 0.2) is 0 Å². The first-order valence-corrected chi connectivity index (χ1v) is 6.72. The molecule has 0 saturated heterocycles. The van der Waals surface area contributed by atoms with Crippen molar-refractivity contribution in [2.45, 2.75) is 43.5 Å². The maximum absolute atomic E-state index is 10.3. The SMILES string of the molecule is O[C@@H](C1CCCCC1)[C@@H](S)c1ccccc1. The van der Waals surface area contributed by atoms with Crippen molar-refractivity contribution < 1.29 is 5.11 Å². The Kier molecular flexibility index (Phi) is 4.30. The number of aliphatic hydroxyl groups excluding tert-OH is 1. The van der Waals surface area contributed by atoms with Crippen LogP contribution in [-0.4, -0.2) is 11.2 Å². The van der Waals surface area contributed by atoms with Crippen molar-refractivity contribution in [3.8, 4) is 0 Å². The average molecular weight is 236 g/mol. The normalized spacial score (nSPS) is 21.6. The summed E-state index contributed by atoms with van der Waals surface area (Å²) in [7, 11) is 0. The van der Waals surface area contributed by atoms with Crippen molar-refractivity contribution >= 4 is 12.6 Å². The summed E-state index contributed by atoms with van der Waals surface area (Å²) < 4.78 is 0. The predicted octanol–water partition coefficient (Wildman–Crippen LogP) is 3.60. The summed E-state index contributed by atoms with van der Waals surface area (Å²) in [5, 5.41) is 10.3. The van der Waals surface area contributed by atoms with Crippen molar-refractivity contribution in [1.29, 1.82) is 0 Å². The van der Waals surface area contributed by atoms with E-state index in [1.807, 2.05) is 30.3 Å². The van der Waals surface area contributed by atoms with Gasteiger partial charge in [0.25, 0.3) is 0 Å². The topological polar surface area (TPSA) is 20.2 Å². The molecule has 88 valence electrons. The highest BCUT2D eigenvalue weighted by Gasteiger charge is 2.27. The minimum absolute atomic E-state index is 0.0377. The molecule has 0 heterocycles. The molecule has 1 nitrogen and oxygen atoms in total. The third-order valence-corrected chi connectivity index (χ3v) is 4.20. The van der Waals surface area contributed by atoms with Gasteiger partial charge in [0.05, 0.1) is 11.4 Å². The van der Waals surface area contributed by atoms with E-state index in [0.29, 0.717) is 5.92 Å². The van der Waals surface area contributed by atoms with E-state index in [4.69, 9.17) is 0 Å². The van der Waals surface area contributed by atoms with Gasteiger partial charge in [-0.3, -0.25) is 0 Å². The molecule has 1 N–H and O–H groups in total. The van der Waals surface area contributed by atoms with Crippen molar-refractivity contribution in [1.82, 2.24) is 0 Å². The van der Waals surface area contributed by atoms with Crippen LogP contribution in [0.5, 0.6) is 0 Å². The van der Waals surface area contributed by atoms with Gasteiger partial charge in [0.1, 0.15) is 0 Å². The van der Waals surface area contributed by atoms with Crippen LogP contribution >= 0.6 is 12.6 Å². The zero-order chi connectivity index (χ0) is 11.4. The molecule has 2 rings (SSSR count). The molecule has 0 radical (unpaired) electrons. The Morgan fingerprint density at radius 2 is 1.69 bits per heavy atom. The molecule has 1 aliphatic rings. The van der Waals surface area contributed by atoms with E-state index in [1.54, 1.807) is 0 Å². The highest BCUT2D eigenvalue weighted by molar-refractivity contribution is 7.80. The standard InChI is InChI=1S/C14H20OS/c15-13(11-7-3-1-4-8-11)14(16)12-9-5-2-6-10-12/h2,5-6,9-11,13-16H,1,3-4,7-8H2/t13-,14-/m0/s1. The van der Waals surface area contributed by atoms with Crippen LogP contribution < -0.4 is 0 Å². The van der Waals surface area contributed by atoms with E-state index >= 15 is 0 Å². The maximum atomic E-state index is 10.3. The van der Waals surface area contributed by atoms with E-state index in [0.717, 1.165) is 18.4 Å². The minimum atomic E-state index is -0.300. The Morgan fingerprint density at radius 1 is 1.06 bits per heavy atom. The van der Waals surface area contributed by atoms with Crippen molar-refractivity contribution in [2.75, 3.05) is 0 Å². The van der Waals surface area contributed by atoms with Gasteiger partial charge in [0.2, 0.25) is 0 Å². The summed E-state index contributed by atoms with van der Waals surface area (Å²) in [5.74, 6) is 0.441. The Labute approximate surface area is 103 Å². The van der Waals surface area contributed by atoms with Crippen LogP contribution in [0.25, 0.3) is 0 Å². The predicted molar refractivity (Wildman–Crippen MR) is 70.8 cm³/mol. The van der Waals surface area contributed by atoms with Crippen LogP contribution in [0.3, 0.4) is 0 Å². The van der Waals surface area contributed by atoms with Crippen molar-refractivity contribution in [2.24, 2.45) is 5.92 Å². The highest BCUT2D eigenvalue weighted by atomic mass is 32.1. The molecule has 16 heavy (non-hydrogen) atoms. The molecule has 0 spiro atoms. The van der Waals surface area contributed by atoms with E-state index in [9.17, 15) is 5.11 Å². The molecule has 0 aliphatic heterocycles. The molecular formula is C14H20OS. The number of thiol groups is 1. The van der Waals surface area contributed by atoms with Gasteiger partial charge < -0.3 is 5.11 Å². The van der Waals surface area contributed by atoms with Crippen LogP contribution in [0.2, 0.25) is 0 Å². The third kappa shape index (κ3) is 2.80. The second-order valence-electron chi connectivity index (χ2n) is 4.74. The lowest BCUT2D eigenvalue weighted by Gasteiger charge is -2.30. The van der Waals surface area contributed by atoms with E-state index in [1.165, 1.54) is 19.3 Å². The molecule has 1 saturated carbocycles. The second kappa shape index (κ2) is 5.74. The number of benzene rings is 1. The van der Waals surface area contributed by atoms with E-state index in [2.05, 4.69) is 12.6 Å². The molecule has 0 unspecified atom stereocenters. The second-order valence-corrected chi connectivity index (χ2v) is 5.30. The zero-order valence-corrected chi connectivity index (χ0v) is 10.4. The van der Waals surface area contributed by atoms with E-state index in [-0.39, 0.29) is 11.4 Å². The maximum Gasteiger partial charge on any atom is 0.0725 e. The summed E-state index contributed by atoms with van der Waals surface area (Å²) in [6.07, 6.45) is 5.86. The summed E-state index contributed by atoms with van der Waals surface area (Å²) in [6, 6.07) is 10.1. The van der Waals surface area contributed by atoms with Gasteiger partial charge in [-0.15, -0.1) is 0 Å². The summed E-state index contributed by atoms with van der Waals surface area (Å²) in [6.45, 7) is 0. The van der Waals surface area contributed by atoms with Gasteiger partial charge in [-0.2, -0.15) is 12.6 Å². The molecule has 1 aromatic rings. The van der Waals surface area contributed by atoms with Gasteiger partial charge in [0, 0.05) is 0 Å². The van der Waals surface area contributed by atoms with Crippen LogP contribution in [0, 0.1) is 5.92 Å². The van der Waals surface area contributed by atoms with Crippen molar-refractivity contribution in [3.63, 3.8) is 0 Å². The molecule has 0 bridgehead atoms. The van der Waals surface area contributed by atoms with Crippen molar-refractivity contribution in [3.05, 3.63) is 35.9 Å². The van der Waals surface area contributed by atoms with Gasteiger partial charge in [-0.25, -0.2) is 0 Å². The van der Waals surface area contributed by atoms with Gasteiger partial charge in [-0.05, 0) is 24.3 Å². The van der Waals surface area contributed by atoms with Gasteiger partial charge in [-0.1, -0.05) is 49.6 Å². The summed E-state index contributed by atoms with van der Waals surface area (Å²) in [4.78, 5) is 0. The monoisotopic (exact) mass is 236 g/mol. The Hall–Kier alpha value is -0.470. The number of rotatable bonds is 3. The number of hydrogen-bond donors (Lipinski definition) is 2. The van der Waals surface area contributed by atoms with Crippen LogP contribution in [0.1, 0.15) is 42.9 Å². The molecule has 0 aromatic heterocycles. The average Bonchev–Trinajstić information content (AvgIpc) is 2.39. The molecule has 1 aromatic carbocycles. The fourth-order valence-electron chi connectivity index (χ4n) is 2.58. The Balaban J connectivity index is 2.00. The lowest BCUT2D eigenvalue weighted by molar-refractivity contribution is 0.0829. The molecular weight excluding hydrogens is 216 g/mol.